The van der Waals surface area contributed by atoms with Gasteiger partial charge in [0.1, 0.15) is 6.33 Å². The Hall–Kier alpha value is -2.61. The highest BCUT2D eigenvalue weighted by molar-refractivity contribution is 9.10. The van der Waals surface area contributed by atoms with Crippen LogP contribution >= 0.6 is 27.7 Å². The van der Waals surface area contributed by atoms with Crippen molar-refractivity contribution in [2.75, 3.05) is 25.6 Å². The van der Waals surface area contributed by atoms with Crippen LogP contribution in [0.15, 0.2) is 33.0 Å². The second-order valence-electron chi connectivity index (χ2n) is 5.93. The second kappa shape index (κ2) is 8.41. The van der Waals surface area contributed by atoms with Gasteiger partial charge in [-0.25, -0.2) is 20.4 Å². The Labute approximate surface area is 177 Å². The number of anilines is 1. The number of rotatable bonds is 7. The average Bonchev–Trinajstić information content (AvgIpc) is 3.30. The lowest BCUT2D eigenvalue weighted by atomic mass is 10.3. The van der Waals surface area contributed by atoms with Crippen molar-refractivity contribution in [3.05, 3.63) is 22.9 Å². The van der Waals surface area contributed by atoms with Crippen molar-refractivity contribution in [3.8, 4) is 11.5 Å². The van der Waals surface area contributed by atoms with Crippen molar-refractivity contribution in [1.29, 1.82) is 0 Å². The summed E-state index contributed by atoms with van der Waals surface area (Å²) in [5.74, 6) is 1.10. The Balaban J connectivity index is 1.63. The molecule has 0 saturated carbocycles. The second-order valence-corrected chi connectivity index (χ2v) is 7.79. The fraction of sp³-hybridized carbons (Fsp3) is 0.250. The lowest BCUT2D eigenvalue weighted by Gasteiger charge is -2.10. The molecule has 13 heteroatoms. The zero-order valence-electron chi connectivity index (χ0n) is 14.9. The maximum absolute atomic E-state index is 11.2. The summed E-state index contributed by atoms with van der Waals surface area (Å²) in [5, 5.41) is 12.2. The zero-order valence-corrected chi connectivity index (χ0v) is 17.3. The molecule has 152 valence electrons. The third-order valence-corrected chi connectivity index (χ3v) is 6.05. The molecule has 4 rings (SSSR count). The number of carbonyl (C=O) groups is 1. The molecule has 3 aromatic rings. The molecule has 3 heterocycles. The van der Waals surface area contributed by atoms with Crippen molar-refractivity contribution in [1.82, 2.24) is 30.3 Å². The van der Waals surface area contributed by atoms with Gasteiger partial charge in [-0.05, 0) is 28.1 Å². The number of hydroxylamine groups is 1. The number of fused-ring (bicyclic) bond motifs is 2. The molecule has 0 fully saturated rings. The summed E-state index contributed by atoms with van der Waals surface area (Å²) in [6.07, 6.45) is 1.38. The van der Waals surface area contributed by atoms with Gasteiger partial charge >= 0.3 is 0 Å². The summed E-state index contributed by atoms with van der Waals surface area (Å²) in [5.41, 5.74) is 8.64. The number of hydrogen-bond acceptors (Lipinski definition) is 10. The van der Waals surface area contributed by atoms with Gasteiger partial charge in [0.25, 0.3) is 5.91 Å². The van der Waals surface area contributed by atoms with E-state index in [4.69, 9.17) is 20.4 Å². The Morgan fingerprint density at radius 3 is 2.93 bits per heavy atom. The molecule has 5 N–H and O–H groups in total. The molecule has 0 bridgehead atoms. The standard InChI is InChI=1S/C16H16BrN7O4S/c17-8-3-9-10(28-7-27-9)4-11(8)29-16-22-13-14(18)20-6-21-15(13)24(16)2-1-19-5-12(25)23-26/h3-4,6,19,26H,1-2,5,7H2,(H,23,25)(H2,18,20,21). The van der Waals surface area contributed by atoms with Crippen LogP contribution in [-0.4, -0.2) is 50.5 Å². The predicted octanol–water partition coefficient (Wildman–Crippen LogP) is 1.15. The van der Waals surface area contributed by atoms with E-state index in [1.165, 1.54) is 18.1 Å². The van der Waals surface area contributed by atoms with Crippen molar-refractivity contribution >= 4 is 50.6 Å². The summed E-state index contributed by atoms with van der Waals surface area (Å²) < 4.78 is 13.6. The van der Waals surface area contributed by atoms with E-state index in [2.05, 4.69) is 36.2 Å². The molecule has 1 aliphatic heterocycles. The summed E-state index contributed by atoms with van der Waals surface area (Å²) in [6, 6.07) is 3.72. The third kappa shape index (κ3) is 4.07. The molecule has 2 aromatic heterocycles. The van der Waals surface area contributed by atoms with Gasteiger partial charge in [0.2, 0.25) is 6.79 Å². The van der Waals surface area contributed by atoms with Gasteiger partial charge < -0.3 is 25.1 Å². The molecule has 1 aromatic carbocycles. The number of nitrogens with one attached hydrogen (secondary N) is 2. The molecule has 1 aliphatic rings. The first-order chi connectivity index (χ1) is 14.1. The van der Waals surface area contributed by atoms with Gasteiger partial charge in [0.15, 0.2) is 33.6 Å². The number of nitrogens with zero attached hydrogens (tertiary/aromatic N) is 4. The number of carbonyl (C=O) groups excluding carboxylic acids is 1. The number of nitrogens with two attached hydrogens (primary N) is 1. The Bertz CT molecular complexity index is 1080. The van der Waals surface area contributed by atoms with E-state index < -0.39 is 5.91 Å². The molecule has 0 unspecified atom stereocenters. The first-order valence-corrected chi connectivity index (χ1v) is 10.0. The van der Waals surface area contributed by atoms with E-state index in [-0.39, 0.29) is 19.2 Å². The van der Waals surface area contributed by atoms with Crippen LogP contribution in [0.3, 0.4) is 0 Å². The van der Waals surface area contributed by atoms with Crippen LogP contribution in [0.1, 0.15) is 0 Å². The lowest BCUT2D eigenvalue weighted by Crippen LogP contribution is -2.33. The van der Waals surface area contributed by atoms with Crippen LogP contribution in [0.4, 0.5) is 5.82 Å². The molecule has 0 spiro atoms. The number of nitrogen functional groups attached to an aromatic ring is 1. The quantitative estimate of drug-likeness (QED) is 0.219. The predicted molar refractivity (Wildman–Crippen MR) is 107 cm³/mol. The maximum Gasteiger partial charge on any atom is 0.257 e. The topological polar surface area (TPSA) is 149 Å². The minimum Gasteiger partial charge on any atom is -0.454 e. The number of imidazole rings is 1. The SMILES string of the molecule is Nc1ncnc2c1nc(Sc1cc3c(cc1Br)OCO3)n2CCNCC(=O)NO. The highest BCUT2D eigenvalue weighted by atomic mass is 79.9. The molecule has 0 saturated heterocycles. The van der Waals surface area contributed by atoms with Gasteiger partial charge in [0.05, 0.1) is 6.54 Å². The van der Waals surface area contributed by atoms with E-state index in [1.54, 1.807) is 5.48 Å². The van der Waals surface area contributed by atoms with Crippen molar-refractivity contribution in [3.63, 3.8) is 0 Å². The highest BCUT2D eigenvalue weighted by Gasteiger charge is 2.20. The molecule has 1 amide bonds. The number of amides is 1. The van der Waals surface area contributed by atoms with Gasteiger partial charge in [-0.1, -0.05) is 11.8 Å². The number of ether oxygens (including phenoxy) is 2. The van der Waals surface area contributed by atoms with Crippen LogP contribution in [0.2, 0.25) is 0 Å². The Kier molecular flexibility index (Phi) is 5.71. The van der Waals surface area contributed by atoms with Gasteiger partial charge in [-0.2, -0.15) is 0 Å². The fourth-order valence-electron chi connectivity index (χ4n) is 2.72. The summed E-state index contributed by atoms with van der Waals surface area (Å²) in [6.45, 7) is 1.08. The summed E-state index contributed by atoms with van der Waals surface area (Å²) in [7, 11) is 0. The molecular formula is C16H16BrN7O4S. The van der Waals surface area contributed by atoms with Crippen LogP contribution in [0.5, 0.6) is 11.5 Å². The minimum absolute atomic E-state index is 0.0174. The number of aromatic nitrogens is 4. The largest absolute Gasteiger partial charge is 0.454 e. The van der Waals surface area contributed by atoms with Gasteiger partial charge in [-0.3, -0.25) is 10.0 Å². The molecule has 11 nitrogen and oxygen atoms in total. The first-order valence-electron chi connectivity index (χ1n) is 8.44. The number of benzene rings is 1. The van der Waals surface area contributed by atoms with E-state index in [0.29, 0.717) is 40.9 Å². The highest BCUT2D eigenvalue weighted by Crippen LogP contribution is 2.43. The smallest absolute Gasteiger partial charge is 0.257 e. The number of hydrogen-bond donors (Lipinski definition) is 4. The van der Waals surface area contributed by atoms with Crippen molar-refractivity contribution < 1.29 is 19.5 Å². The fourth-order valence-corrected chi connectivity index (χ4v) is 4.23. The van der Waals surface area contributed by atoms with Crippen molar-refractivity contribution in [2.24, 2.45) is 0 Å². The van der Waals surface area contributed by atoms with E-state index in [1.807, 2.05) is 16.7 Å². The molecule has 29 heavy (non-hydrogen) atoms. The van der Waals surface area contributed by atoms with Crippen LogP contribution < -0.4 is 26.0 Å². The average molecular weight is 482 g/mol. The Morgan fingerprint density at radius 1 is 1.34 bits per heavy atom. The van der Waals surface area contributed by atoms with Gasteiger partial charge in [-0.15, -0.1) is 0 Å². The van der Waals surface area contributed by atoms with E-state index in [9.17, 15) is 4.79 Å². The van der Waals surface area contributed by atoms with Crippen molar-refractivity contribution in [2.45, 2.75) is 16.6 Å². The minimum atomic E-state index is -0.522. The zero-order chi connectivity index (χ0) is 20.4. The normalized spacial score (nSPS) is 12.5. The van der Waals surface area contributed by atoms with Crippen LogP contribution in [0.25, 0.3) is 11.2 Å². The Morgan fingerprint density at radius 2 is 2.14 bits per heavy atom. The summed E-state index contributed by atoms with van der Waals surface area (Å²) in [4.78, 5) is 25.0. The van der Waals surface area contributed by atoms with E-state index in [0.717, 1.165) is 9.37 Å². The monoisotopic (exact) mass is 481 g/mol. The number of halogens is 1. The molecule has 0 radical (unpaired) electrons. The van der Waals surface area contributed by atoms with Crippen LogP contribution in [0, 0.1) is 0 Å². The summed E-state index contributed by atoms with van der Waals surface area (Å²) >= 11 is 4.96. The third-order valence-electron chi connectivity index (χ3n) is 4.08. The maximum atomic E-state index is 11.2. The van der Waals surface area contributed by atoms with E-state index >= 15 is 0 Å². The lowest BCUT2D eigenvalue weighted by molar-refractivity contribution is -0.128. The molecule has 0 aliphatic carbocycles. The first kappa shape index (κ1) is 19.7. The molecule has 0 atom stereocenters. The molecular weight excluding hydrogens is 466 g/mol. The van der Waals surface area contributed by atoms with Crippen LogP contribution in [-0.2, 0) is 11.3 Å². The van der Waals surface area contributed by atoms with Gasteiger partial charge in [0, 0.05) is 22.5 Å².